The first kappa shape index (κ1) is 13.0. The second kappa shape index (κ2) is 8.12. The Kier molecular flexibility index (Phi) is 7.03. The van der Waals surface area contributed by atoms with E-state index in [1.807, 2.05) is 0 Å². The van der Waals surface area contributed by atoms with Gasteiger partial charge in [-0.25, -0.2) is 0 Å². The van der Waals surface area contributed by atoms with Gasteiger partial charge in [0, 0.05) is 19.3 Å². The average Bonchev–Trinajstić information content (AvgIpc) is 2.70. The molecule has 0 saturated heterocycles. The maximum absolute atomic E-state index is 5.72. The van der Waals surface area contributed by atoms with Gasteiger partial charge >= 0.3 is 0 Å². The number of rotatable bonds is 8. The Balaban J connectivity index is 1.84. The summed E-state index contributed by atoms with van der Waals surface area (Å²) in [6.07, 6.45) is 8.07. The monoisotopic (exact) mass is 213 g/mol. The van der Waals surface area contributed by atoms with E-state index in [-0.39, 0.29) is 0 Å². The molecule has 0 aromatic heterocycles. The topological polar surface area (TPSA) is 21.3 Å². The standard InChI is InChI=1S/C13H27NO/c1-3-14-12(2)7-6-10-15-11-13-8-4-5-9-13/h12-14H,3-11H2,1-2H3. The molecule has 1 aliphatic rings. The number of hydrogen-bond donors (Lipinski definition) is 1. The maximum Gasteiger partial charge on any atom is 0.0494 e. The molecule has 1 fully saturated rings. The minimum Gasteiger partial charge on any atom is -0.381 e. The van der Waals surface area contributed by atoms with Crippen molar-refractivity contribution in [3.63, 3.8) is 0 Å². The summed E-state index contributed by atoms with van der Waals surface area (Å²) in [5.74, 6) is 0.871. The lowest BCUT2D eigenvalue weighted by Gasteiger charge is -2.13. The Morgan fingerprint density at radius 2 is 2.07 bits per heavy atom. The van der Waals surface area contributed by atoms with Crippen molar-refractivity contribution in [3.05, 3.63) is 0 Å². The zero-order valence-corrected chi connectivity index (χ0v) is 10.4. The Bertz CT molecular complexity index is 143. The SMILES string of the molecule is CCNC(C)CCCOCC1CCCC1. The fourth-order valence-electron chi connectivity index (χ4n) is 2.37. The molecule has 1 aliphatic carbocycles. The second-order valence-corrected chi connectivity index (χ2v) is 4.83. The molecule has 0 heterocycles. The van der Waals surface area contributed by atoms with Crippen molar-refractivity contribution >= 4 is 0 Å². The van der Waals surface area contributed by atoms with Crippen LogP contribution in [0.4, 0.5) is 0 Å². The van der Waals surface area contributed by atoms with E-state index < -0.39 is 0 Å². The van der Waals surface area contributed by atoms with E-state index in [0.717, 1.165) is 25.7 Å². The lowest BCUT2D eigenvalue weighted by molar-refractivity contribution is 0.0969. The first-order valence-electron chi connectivity index (χ1n) is 6.64. The lowest BCUT2D eigenvalue weighted by Crippen LogP contribution is -2.25. The van der Waals surface area contributed by atoms with Gasteiger partial charge in [0.2, 0.25) is 0 Å². The van der Waals surface area contributed by atoms with Crippen molar-refractivity contribution in [2.24, 2.45) is 5.92 Å². The summed E-state index contributed by atoms with van der Waals surface area (Å²) in [7, 11) is 0. The molecule has 1 N–H and O–H groups in total. The van der Waals surface area contributed by atoms with Crippen LogP contribution in [0.3, 0.4) is 0 Å². The fourth-order valence-corrected chi connectivity index (χ4v) is 2.37. The van der Waals surface area contributed by atoms with E-state index in [2.05, 4.69) is 19.2 Å². The molecule has 0 aliphatic heterocycles. The predicted molar refractivity (Wildman–Crippen MR) is 65.1 cm³/mol. The first-order valence-corrected chi connectivity index (χ1v) is 6.64. The largest absolute Gasteiger partial charge is 0.381 e. The van der Waals surface area contributed by atoms with Gasteiger partial charge in [0.25, 0.3) is 0 Å². The fraction of sp³-hybridized carbons (Fsp3) is 1.00. The van der Waals surface area contributed by atoms with Crippen molar-refractivity contribution in [1.29, 1.82) is 0 Å². The Morgan fingerprint density at radius 1 is 1.33 bits per heavy atom. The third-order valence-electron chi connectivity index (χ3n) is 3.31. The van der Waals surface area contributed by atoms with Crippen LogP contribution in [0, 0.1) is 5.92 Å². The second-order valence-electron chi connectivity index (χ2n) is 4.83. The molecule has 15 heavy (non-hydrogen) atoms. The maximum atomic E-state index is 5.72. The molecule has 0 amide bonds. The molecule has 2 nitrogen and oxygen atoms in total. The molecular weight excluding hydrogens is 186 g/mol. The Morgan fingerprint density at radius 3 is 2.73 bits per heavy atom. The smallest absolute Gasteiger partial charge is 0.0494 e. The molecule has 1 saturated carbocycles. The van der Waals surface area contributed by atoms with Gasteiger partial charge in [-0.3, -0.25) is 0 Å². The van der Waals surface area contributed by atoms with Crippen molar-refractivity contribution < 1.29 is 4.74 Å². The minimum absolute atomic E-state index is 0.644. The number of hydrogen-bond acceptors (Lipinski definition) is 2. The summed E-state index contributed by atoms with van der Waals surface area (Å²) in [5.41, 5.74) is 0. The van der Waals surface area contributed by atoms with Gasteiger partial charge in [-0.05, 0) is 45.1 Å². The third kappa shape index (κ3) is 6.16. The molecule has 0 aromatic carbocycles. The molecule has 0 radical (unpaired) electrons. The van der Waals surface area contributed by atoms with Crippen LogP contribution in [0.25, 0.3) is 0 Å². The normalized spacial score (nSPS) is 19.6. The van der Waals surface area contributed by atoms with Gasteiger partial charge in [-0.2, -0.15) is 0 Å². The highest BCUT2D eigenvalue weighted by molar-refractivity contribution is 4.66. The quantitative estimate of drug-likeness (QED) is 0.626. The summed E-state index contributed by atoms with van der Waals surface area (Å²) in [6, 6.07) is 0.644. The molecule has 0 bridgehead atoms. The minimum atomic E-state index is 0.644. The zero-order valence-electron chi connectivity index (χ0n) is 10.4. The Hall–Kier alpha value is -0.0800. The van der Waals surface area contributed by atoms with Gasteiger partial charge in [-0.15, -0.1) is 0 Å². The first-order chi connectivity index (χ1) is 7.33. The number of ether oxygens (including phenoxy) is 1. The Labute approximate surface area is 94.8 Å². The van der Waals surface area contributed by atoms with Crippen LogP contribution in [0.2, 0.25) is 0 Å². The van der Waals surface area contributed by atoms with Crippen molar-refractivity contribution in [2.45, 2.75) is 58.4 Å². The predicted octanol–water partition coefficient (Wildman–Crippen LogP) is 2.97. The molecule has 2 heteroatoms. The van der Waals surface area contributed by atoms with Crippen LogP contribution in [0.15, 0.2) is 0 Å². The highest BCUT2D eigenvalue weighted by atomic mass is 16.5. The summed E-state index contributed by atoms with van der Waals surface area (Å²) in [6.45, 7) is 7.44. The third-order valence-corrected chi connectivity index (χ3v) is 3.31. The van der Waals surface area contributed by atoms with E-state index in [1.165, 1.54) is 38.5 Å². The van der Waals surface area contributed by atoms with Gasteiger partial charge in [0.05, 0.1) is 0 Å². The van der Waals surface area contributed by atoms with Crippen molar-refractivity contribution in [2.75, 3.05) is 19.8 Å². The highest BCUT2D eigenvalue weighted by Gasteiger charge is 2.14. The molecule has 1 atom stereocenters. The molecule has 1 unspecified atom stereocenters. The summed E-state index contributed by atoms with van der Waals surface area (Å²) in [5, 5.41) is 3.42. The van der Waals surface area contributed by atoms with E-state index in [9.17, 15) is 0 Å². The highest BCUT2D eigenvalue weighted by Crippen LogP contribution is 2.24. The van der Waals surface area contributed by atoms with E-state index >= 15 is 0 Å². The summed E-state index contributed by atoms with van der Waals surface area (Å²) >= 11 is 0. The van der Waals surface area contributed by atoms with Crippen molar-refractivity contribution in [3.8, 4) is 0 Å². The van der Waals surface area contributed by atoms with Crippen LogP contribution in [0.5, 0.6) is 0 Å². The van der Waals surface area contributed by atoms with Crippen LogP contribution < -0.4 is 5.32 Å². The van der Waals surface area contributed by atoms with Crippen LogP contribution in [0.1, 0.15) is 52.4 Å². The van der Waals surface area contributed by atoms with Gasteiger partial charge < -0.3 is 10.1 Å². The van der Waals surface area contributed by atoms with E-state index in [1.54, 1.807) is 0 Å². The van der Waals surface area contributed by atoms with E-state index in [0.29, 0.717) is 6.04 Å². The lowest BCUT2D eigenvalue weighted by atomic mass is 10.1. The van der Waals surface area contributed by atoms with E-state index in [4.69, 9.17) is 4.74 Å². The van der Waals surface area contributed by atoms with Gasteiger partial charge in [-0.1, -0.05) is 19.8 Å². The molecule has 0 aromatic rings. The summed E-state index contributed by atoms with van der Waals surface area (Å²) < 4.78 is 5.72. The molecular formula is C13H27NO. The molecule has 1 rings (SSSR count). The van der Waals surface area contributed by atoms with Gasteiger partial charge in [0.1, 0.15) is 0 Å². The van der Waals surface area contributed by atoms with Crippen LogP contribution >= 0.6 is 0 Å². The molecule has 90 valence electrons. The zero-order chi connectivity index (χ0) is 10.9. The average molecular weight is 213 g/mol. The molecule has 0 spiro atoms. The van der Waals surface area contributed by atoms with Crippen LogP contribution in [-0.4, -0.2) is 25.8 Å². The summed E-state index contributed by atoms with van der Waals surface area (Å²) in [4.78, 5) is 0. The number of nitrogens with one attached hydrogen (secondary N) is 1. The van der Waals surface area contributed by atoms with Crippen LogP contribution in [-0.2, 0) is 4.74 Å². The van der Waals surface area contributed by atoms with Gasteiger partial charge in [0.15, 0.2) is 0 Å². The van der Waals surface area contributed by atoms with Crippen molar-refractivity contribution in [1.82, 2.24) is 5.32 Å².